The number of benzene rings is 1. The van der Waals surface area contributed by atoms with Crippen molar-refractivity contribution < 1.29 is 14.0 Å². The normalized spacial score (nSPS) is 13.6. The molecule has 3 N–H and O–H groups in total. The van der Waals surface area contributed by atoms with Crippen LogP contribution in [0.5, 0.6) is 0 Å². The lowest BCUT2D eigenvalue weighted by molar-refractivity contribution is -0.125. The summed E-state index contributed by atoms with van der Waals surface area (Å²) in [6.45, 7) is 1.70. The smallest absolute Gasteiger partial charge is 0.251 e. The molecule has 0 bridgehead atoms. The minimum atomic E-state index is -1.59. The van der Waals surface area contributed by atoms with Crippen molar-refractivity contribution in [3.63, 3.8) is 0 Å². The molecule has 0 spiro atoms. The first kappa shape index (κ1) is 16.3. The molecule has 1 unspecified atom stereocenters. The van der Waals surface area contributed by atoms with Gasteiger partial charge in [-0.1, -0.05) is 18.2 Å². The molecule has 0 aromatic heterocycles. The Labute approximate surface area is 118 Å². The lowest BCUT2D eigenvalue weighted by atomic mass is 10.0. The van der Waals surface area contributed by atoms with Crippen molar-refractivity contribution in [1.29, 1.82) is 0 Å². The van der Waals surface area contributed by atoms with Gasteiger partial charge in [-0.25, -0.2) is 4.39 Å². The zero-order chi connectivity index (χ0) is 15.0. The van der Waals surface area contributed by atoms with Crippen molar-refractivity contribution in [3.8, 4) is 0 Å². The van der Waals surface area contributed by atoms with Crippen LogP contribution in [0.4, 0.5) is 4.39 Å². The van der Waals surface area contributed by atoms with E-state index in [1.165, 1.54) is 6.92 Å². The van der Waals surface area contributed by atoms with Gasteiger partial charge in [0.25, 0.3) is 5.91 Å². The Morgan fingerprint density at radius 3 is 2.45 bits per heavy atom. The van der Waals surface area contributed by atoms with Gasteiger partial charge < -0.3 is 11.1 Å². The van der Waals surface area contributed by atoms with Gasteiger partial charge in [0.05, 0.1) is 6.04 Å². The number of ketones is 1. The van der Waals surface area contributed by atoms with E-state index in [-0.39, 0.29) is 5.91 Å². The van der Waals surface area contributed by atoms with Crippen molar-refractivity contribution >= 4 is 11.7 Å². The molecule has 0 heterocycles. The van der Waals surface area contributed by atoms with E-state index in [1.807, 2.05) is 0 Å². The van der Waals surface area contributed by atoms with E-state index in [2.05, 4.69) is 5.32 Å². The number of nitrogens with two attached hydrogens (primary N) is 1. The molecule has 0 saturated carbocycles. The average molecular weight is 280 g/mol. The van der Waals surface area contributed by atoms with E-state index in [9.17, 15) is 14.0 Å². The van der Waals surface area contributed by atoms with E-state index < -0.39 is 18.0 Å². The molecule has 4 nitrogen and oxygen atoms in total. The van der Waals surface area contributed by atoms with Crippen LogP contribution in [-0.4, -0.2) is 30.4 Å². The summed E-state index contributed by atoms with van der Waals surface area (Å²) in [5, 5.41) is 2.60. The van der Waals surface area contributed by atoms with Crippen LogP contribution in [0.25, 0.3) is 0 Å². The third-order valence-electron chi connectivity index (χ3n) is 3.02. The van der Waals surface area contributed by atoms with Crippen molar-refractivity contribution in [2.75, 3.05) is 6.54 Å². The third-order valence-corrected chi connectivity index (χ3v) is 3.02. The number of rotatable bonds is 8. The molecule has 1 amide bonds. The monoisotopic (exact) mass is 280 g/mol. The molecule has 0 aliphatic rings. The Morgan fingerprint density at radius 2 is 1.90 bits per heavy atom. The maximum atomic E-state index is 13.2. The molecule has 5 heteroatoms. The quantitative estimate of drug-likeness (QED) is 0.714. The van der Waals surface area contributed by atoms with Crippen molar-refractivity contribution in [3.05, 3.63) is 35.9 Å². The van der Waals surface area contributed by atoms with Gasteiger partial charge in [-0.3, -0.25) is 9.59 Å². The highest BCUT2D eigenvalue weighted by Crippen LogP contribution is 2.08. The molecule has 1 aromatic carbocycles. The number of carbonyl (C=O) groups excluding carboxylic acids is 2. The fourth-order valence-electron chi connectivity index (χ4n) is 1.89. The van der Waals surface area contributed by atoms with Crippen LogP contribution in [0, 0.1) is 0 Å². The maximum Gasteiger partial charge on any atom is 0.251 e. The van der Waals surface area contributed by atoms with Gasteiger partial charge in [-0.05, 0) is 44.9 Å². The lowest BCUT2D eigenvalue weighted by Crippen LogP contribution is -2.43. The van der Waals surface area contributed by atoms with Gasteiger partial charge >= 0.3 is 0 Å². The molecule has 20 heavy (non-hydrogen) atoms. The van der Waals surface area contributed by atoms with Crippen molar-refractivity contribution in [2.45, 2.75) is 38.4 Å². The summed E-state index contributed by atoms with van der Waals surface area (Å²) >= 11 is 0. The Balaban J connectivity index is 2.68. The van der Waals surface area contributed by atoms with Crippen molar-refractivity contribution in [1.82, 2.24) is 5.32 Å². The summed E-state index contributed by atoms with van der Waals surface area (Å²) in [7, 11) is 0. The molecule has 0 fully saturated rings. The first-order valence-corrected chi connectivity index (χ1v) is 6.80. The van der Waals surface area contributed by atoms with Crippen LogP contribution in [-0.2, 0) is 4.79 Å². The van der Waals surface area contributed by atoms with Gasteiger partial charge in [-0.2, -0.15) is 0 Å². The highest BCUT2D eigenvalue weighted by atomic mass is 19.1. The average Bonchev–Trinajstić information content (AvgIpc) is 2.46. The molecule has 0 aliphatic carbocycles. The minimum Gasteiger partial charge on any atom is -0.342 e. The zero-order valence-electron chi connectivity index (χ0n) is 11.6. The van der Waals surface area contributed by atoms with Crippen LogP contribution in [0.1, 0.15) is 36.5 Å². The zero-order valence-corrected chi connectivity index (χ0v) is 11.6. The molecule has 110 valence electrons. The first-order chi connectivity index (χ1) is 9.56. The summed E-state index contributed by atoms with van der Waals surface area (Å²) in [5.74, 6) is -0.955. The Hall–Kier alpha value is -1.75. The van der Waals surface area contributed by atoms with Gasteiger partial charge in [-0.15, -0.1) is 0 Å². The molecule has 0 saturated heterocycles. The summed E-state index contributed by atoms with van der Waals surface area (Å²) in [5.41, 5.74) is 5.85. The predicted molar refractivity (Wildman–Crippen MR) is 76.2 cm³/mol. The summed E-state index contributed by atoms with van der Waals surface area (Å²) < 4.78 is 13.2. The van der Waals surface area contributed by atoms with Gasteiger partial charge in [0.15, 0.2) is 12.0 Å². The van der Waals surface area contributed by atoms with Crippen LogP contribution < -0.4 is 11.1 Å². The maximum absolute atomic E-state index is 13.2. The number of hydrogen-bond acceptors (Lipinski definition) is 3. The molecule has 1 aromatic rings. The largest absolute Gasteiger partial charge is 0.342 e. The Bertz CT molecular complexity index is 435. The lowest BCUT2D eigenvalue weighted by Gasteiger charge is -2.18. The number of hydrogen-bond donors (Lipinski definition) is 2. The highest BCUT2D eigenvalue weighted by Gasteiger charge is 2.25. The van der Waals surface area contributed by atoms with E-state index in [1.54, 1.807) is 30.3 Å². The van der Waals surface area contributed by atoms with E-state index >= 15 is 0 Å². The summed E-state index contributed by atoms with van der Waals surface area (Å²) in [4.78, 5) is 23.8. The second-order valence-corrected chi connectivity index (χ2v) is 4.69. The first-order valence-electron chi connectivity index (χ1n) is 6.80. The van der Waals surface area contributed by atoms with Crippen LogP contribution in [0.15, 0.2) is 30.3 Å². The molecule has 2 atom stereocenters. The summed E-state index contributed by atoms with van der Waals surface area (Å²) in [6, 6.07) is 7.76. The number of nitrogens with one attached hydrogen (secondary N) is 1. The van der Waals surface area contributed by atoms with Crippen LogP contribution in [0.3, 0.4) is 0 Å². The topological polar surface area (TPSA) is 72.2 Å². The second kappa shape index (κ2) is 8.43. The minimum absolute atomic E-state index is 0.364. The summed E-state index contributed by atoms with van der Waals surface area (Å²) in [6.07, 6.45) is 0.234. The second-order valence-electron chi connectivity index (χ2n) is 4.69. The SMILES string of the molecule is CC(F)C(=O)[C@H](CCCCN)NC(=O)c1ccccc1. The van der Waals surface area contributed by atoms with Crippen LogP contribution in [0.2, 0.25) is 0 Å². The molecule has 0 aliphatic heterocycles. The molecular formula is C15H21FN2O2. The standard InChI is InChI=1S/C15H21FN2O2/c1-11(16)14(19)13(9-5-6-10-17)18-15(20)12-7-3-2-4-8-12/h2-4,7-8,11,13H,5-6,9-10,17H2,1H3,(H,18,20)/t11?,13-/m0/s1. The van der Waals surface area contributed by atoms with Gasteiger partial charge in [0, 0.05) is 5.56 Å². The Morgan fingerprint density at radius 1 is 1.25 bits per heavy atom. The fourth-order valence-corrected chi connectivity index (χ4v) is 1.89. The fraction of sp³-hybridized carbons (Fsp3) is 0.467. The van der Waals surface area contributed by atoms with Crippen molar-refractivity contribution in [2.24, 2.45) is 5.73 Å². The number of halogens is 1. The molecular weight excluding hydrogens is 259 g/mol. The van der Waals surface area contributed by atoms with E-state index in [0.717, 1.165) is 6.42 Å². The van der Waals surface area contributed by atoms with Crippen LogP contribution >= 0.6 is 0 Å². The Kier molecular flexibility index (Phi) is 6.87. The number of Topliss-reactive ketones (excluding diaryl/α,β-unsaturated/α-hetero) is 1. The highest BCUT2D eigenvalue weighted by molar-refractivity contribution is 5.98. The molecule has 1 rings (SSSR count). The van der Waals surface area contributed by atoms with Gasteiger partial charge in [0.2, 0.25) is 0 Å². The number of carbonyl (C=O) groups is 2. The number of unbranched alkanes of at least 4 members (excludes halogenated alkanes) is 1. The number of alkyl halides is 1. The van der Waals surface area contributed by atoms with E-state index in [0.29, 0.717) is 24.9 Å². The third kappa shape index (κ3) is 5.09. The number of amides is 1. The van der Waals surface area contributed by atoms with Gasteiger partial charge in [0.1, 0.15) is 0 Å². The predicted octanol–water partition coefficient (Wildman–Crippen LogP) is 1.84. The molecule has 0 radical (unpaired) electrons. The van der Waals surface area contributed by atoms with E-state index in [4.69, 9.17) is 5.73 Å².